The highest BCUT2D eigenvalue weighted by atomic mass is 32.1. The van der Waals surface area contributed by atoms with Crippen molar-refractivity contribution in [2.45, 2.75) is 13.5 Å². The molecule has 0 fully saturated rings. The van der Waals surface area contributed by atoms with Crippen LogP contribution in [-0.4, -0.2) is 20.6 Å². The number of carbonyl (C=O) groups is 1. The van der Waals surface area contributed by atoms with Crippen molar-refractivity contribution >= 4 is 17.3 Å². The lowest BCUT2D eigenvalue weighted by Gasteiger charge is -2.05. The van der Waals surface area contributed by atoms with Crippen molar-refractivity contribution in [3.63, 3.8) is 0 Å². The molecule has 0 atom stereocenters. The first-order valence-electron chi connectivity index (χ1n) is 5.00. The number of hydrogen-bond donors (Lipinski definition) is 1. The van der Waals surface area contributed by atoms with Crippen molar-refractivity contribution < 1.29 is 14.6 Å². The number of rotatable bonds is 4. The Kier molecular flexibility index (Phi) is 3.14. The molecule has 0 aliphatic carbocycles. The Balaban J connectivity index is 2.14. The van der Waals surface area contributed by atoms with E-state index in [4.69, 9.17) is 9.84 Å². The second kappa shape index (κ2) is 4.58. The van der Waals surface area contributed by atoms with E-state index in [0.717, 1.165) is 10.7 Å². The molecule has 2 aromatic rings. The van der Waals surface area contributed by atoms with E-state index in [9.17, 15) is 4.79 Å². The molecule has 0 saturated heterocycles. The van der Waals surface area contributed by atoms with Crippen LogP contribution in [0.3, 0.4) is 0 Å². The molecule has 0 aliphatic heterocycles. The molecule has 0 radical (unpaired) electrons. The minimum Gasteiger partial charge on any atom is -0.484 e. The van der Waals surface area contributed by atoms with E-state index in [1.54, 1.807) is 12.3 Å². The van der Waals surface area contributed by atoms with E-state index < -0.39 is 5.97 Å². The molecule has 0 saturated carbocycles. The quantitative estimate of drug-likeness (QED) is 0.904. The number of ether oxygens (including phenoxy) is 1. The molecule has 2 heterocycles. The van der Waals surface area contributed by atoms with Crippen LogP contribution in [0.1, 0.15) is 20.4 Å². The Hall–Kier alpha value is -1.82. The van der Waals surface area contributed by atoms with E-state index >= 15 is 0 Å². The van der Waals surface area contributed by atoms with Gasteiger partial charge in [0.2, 0.25) is 0 Å². The molecule has 17 heavy (non-hydrogen) atoms. The summed E-state index contributed by atoms with van der Waals surface area (Å²) in [6.45, 7) is 2.12. The van der Waals surface area contributed by atoms with Crippen molar-refractivity contribution in [2.75, 3.05) is 0 Å². The van der Waals surface area contributed by atoms with E-state index in [-0.39, 0.29) is 11.5 Å². The molecule has 2 rings (SSSR count). The van der Waals surface area contributed by atoms with Crippen LogP contribution < -0.4 is 4.74 Å². The van der Waals surface area contributed by atoms with E-state index in [1.807, 2.05) is 24.7 Å². The lowest BCUT2D eigenvalue weighted by atomic mass is 10.4. The number of aryl methyl sites for hydroxylation is 2. The number of hydrogen-bond acceptors (Lipinski definition) is 4. The van der Waals surface area contributed by atoms with Crippen molar-refractivity contribution in [1.82, 2.24) is 9.55 Å². The summed E-state index contributed by atoms with van der Waals surface area (Å²) in [6.07, 6.45) is 3.49. The van der Waals surface area contributed by atoms with Gasteiger partial charge in [-0.15, -0.1) is 11.3 Å². The maximum atomic E-state index is 11.0. The summed E-state index contributed by atoms with van der Waals surface area (Å²) in [5, 5.41) is 9.00. The summed E-state index contributed by atoms with van der Waals surface area (Å²) in [6, 6.07) is 1.73. The lowest BCUT2D eigenvalue weighted by Crippen LogP contribution is -2.04. The van der Waals surface area contributed by atoms with Crippen molar-refractivity contribution in [3.05, 3.63) is 34.0 Å². The molecule has 5 nitrogen and oxygen atoms in total. The van der Waals surface area contributed by atoms with Crippen LogP contribution in [0.5, 0.6) is 5.75 Å². The van der Waals surface area contributed by atoms with Crippen LogP contribution in [0.2, 0.25) is 0 Å². The van der Waals surface area contributed by atoms with Crippen molar-refractivity contribution in [3.8, 4) is 5.75 Å². The van der Waals surface area contributed by atoms with Crippen LogP contribution in [0.15, 0.2) is 18.5 Å². The Bertz CT molecular complexity index is 545. The Morgan fingerprint density at radius 3 is 3.00 bits per heavy atom. The van der Waals surface area contributed by atoms with Gasteiger partial charge in [-0.1, -0.05) is 0 Å². The van der Waals surface area contributed by atoms with Crippen molar-refractivity contribution in [2.24, 2.45) is 7.05 Å². The zero-order chi connectivity index (χ0) is 12.4. The lowest BCUT2D eigenvalue weighted by molar-refractivity contribution is 0.0697. The van der Waals surface area contributed by atoms with Gasteiger partial charge in [0.25, 0.3) is 0 Å². The van der Waals surface area contributed by atoms with Crippen LogP contribution >= 0.6 is 11.3 Å². The molecule has 0 bridgehead atoms. The standard InChI is InChI=1S/C11H12N2O3S/c1-7-5-8(10(17-7)11(14)15)16-6-9-12-3-4-13(9)2/h3-5H,6H2,1-2H3,(H,14,15). The first-order valence-corrected chi connectivity index (χ1v) is 5.82. The normalized spacial score (nSPS) is 10.5. The average Bonchev–Trinajstić information content (AvgIpc) is 2.82. The maximum absolute atomic E-state index is 11.0. The molecule has 0 amide bonds. The summed E-state index contributed by atoms with van der Waals surface area (Å²) >= 11 is 1.21. The zero-order valence-electron chi connectivity index (χ0n) is 9.51. The van der Waals surface area contributed by atoms with Gasteiger partial charge in [-0.3, -0.25) is 0 Å². The van der Waals surface area contributed by atoms with Crippen LogP contribution in [-0.2, 0) is 13.7 Å². The van der Waals surface area contributed by atoms with Crippen LogP contribution in [0, 0.1) is 6.92 Å². The van der Waals surface area contributed by atoms with E-state index in [0.29, 0.717) is 5.75 Å². The molecule has 0 aromatic carbocycles. The number of aromatic carboxylic acids is 1. The van der Waals surface area contributed by atoms with E-state index in [1.165, 1.54) is 11.3 Å². The predicted molar refractivity (Wildman–Crippen MR) is 63.6 cm³/mol. The Labute approximate surface area is 102 Å². The van der Waals surface area contributed by atoms with Crippen LogP contribution in [0.4, 0.5) is 0 Å². The summed E-state index contributed by atoms with van der Waals surface area (Å²) < 4.78 is 7.32. The molecule has 0 unspecified atom stereocenters. The molecule has 90 valence electrons. The van der Waals surface area contributed by atoms with Gasteiger partial charge in [0.15, 0.2) is 4.88 Å². The Morgan fingerprint density at radius 1 is 1.65 bits per heavy atom. The highest BCUT2D eigenvalue weighted by Crippen LogP contribution is 2.29. The second-order valence-electron chi connectivity index (χ2n) is 3.60. The van der Waals surface area contributed by atoms with Gasteiger partial charge >= 0.3 is 5.97 Å². The first kappa shape index (κ1) is 11.7. The van der Waals surface area contributed by atoms with Gasteiger partial charge in [0.1, 0.15) is 18.2 Å². The maximum Gasteiger partial charge on any atom is 0.349 e. The SMILES string of the molecule is Cc1cc(OCc2nccn2C)c(C(=O)O)s1. The third-order valence-electron chi connectivity index (χ3n) is 2.29. The minimum atomic E-state index is -0.960. The minimum absolute atomic E-state index is 0.233. The highest BCUT2D eigenvalue weighted by Gasteiger charge is 2.15. The van der Waals surface area contributed by atoms with Gasteiger partial charge in [-0.2, -0.15) is 0 Å². The number of carboxylic acids is 1. The van der Waals surface area contributed by atoms with Gasteiger partial charge < -0.3 is 14.4 Å². The molecule has 1 N–H and O–H groups in total. The fraction of sp³-hybridized carbons (Fsp3) is 0.273. The number of nitrogens with zero attached hydrogens (tertiary/aromatic N) is 2. The first-order chi connectivity index (χ1) is 8.08. The number of imidazole rings is 1. The largest absolute Gasteiger partial charge is 0.484 e. The van der Waals surface area contributed by atoms with Gasteiger partial charge in [-0.25, -0.2) is 9.78 Å². The molecule has 2 aromatic heterocycles. The number of thiophene rings is 1. The predicted octanol–water partition coefficient (Wildman–Crippen LogP) is 2.07. The topological polar surface area (TPSA) is 64.4 Å². The number of aromatic nitrogens is 2. The summed E-state index contributed by atoms with van der Waals surface area (Å²) in [4.78, 5) is 16.2. The summed E-state index contributed by atoms with van der Waals surface area (Å²) in [5.74, 6) is 0.200. The zero-order valence-corrected chi connectivity index (χ0v) is 10.3. The fourth-order valence-electron chi connectivity index (χ4n) is 1.43. The average molecular weight is 252 g/mol. The molecule has 6 heteroatoms. The molecule has 0 aliphatic rings. The van der Waals surface area contributed by atoms with Crippen LogP contribution in [0.25, 0.3) is 0 Å². The van der Waals surface area contributed by atoms with Crippen molar-refractivity contribution in [1.29, 1.82) is 0 Å². The smallest absolute Gasteiger partial charge is 0.349 e. The van der Waals surface area contributed by atoms with Gasteiger partial charge in [-0.05, 0) is 13.0 Å². The van der Waals surface area contributed by atoms with Gasteiger partial charge in [0, 0.05) is 24.3 Å². The number of carboxylic acid groups (broad SMARTS) is 1. The molecule has 0 spiro atoms. The molecular weight excluding hydrogens is 240 g/mol. The highest BCUT2D eigenvalue weighted by molar-refractivity contribution is 7.14. The summed E-state index contributed by atoms with van der Waals surface area (Å²) in [5.41, 5.74) is 0. The third kappa shape index (κ3) is 2.47. The summed E-state index contributed by atoms with van der Waals surface area (Å²) in [7, 11) is 1.86. The molecular formula is C11H12N2O3S. The monoisotopic (exact) mass is 252 g/mol. The van der Waals surface area contributed by atoms with Gasteiger partial charge in [0.05, 0.1) is 0 Å². The Morgan fingerprint density at radius 2 is 2.41 bits per heavy atom. The van der Waals surface area contributed by atoms with E-state index in [2.05, 4.69) is 4.98 Å². The third-order valence-corrected chi connectivity index (χ3v) is 3.31. The second-order valence-corrected chi connectivity index (χ2v) is 4.85. The fourth-order valence-corrected chi connectivity index (χ4v) is 2.22.